The van der Waals surface area contributed by atoms with Crippen molar-refractivity contribution in [3.63, 3.8) is 0 Å². The lowest BCUT2D eigenvalue weighted by Gasteiger charge is -2.32. The van der Waals surface area contributed by atoms with Gasteiger partial charge in [0.05, 0.1) is 29.4 Å². The number of carbonyl (C=O) groups excluding carboxylic acids is 1. The number of hydrogen-bond acceptors (Lipinski definition) is 8. The van der Waals surface area contributed by atoms with Crippen LogP contribution in [-0.4, -0.2) is 57.1 Å². The summed E-state index contributed by atoms with van der Waals surface area (Å²) in [6.45, 7) is 0.420. The van der Waals surface area contributed by atoms with Gasteiger partial charge in [-0.05, 0) is 18.2 Å². The number of H-pyrrole nitrogens is 1. The lowest BCUT2D eigenvalue weighted by atomic mass is 9.99. The van der Waals surface area contributed by atoms with Crippen molar-refractivity contribution < 1.29 is 9.21 Å². The largest absolute Gasteiger partial charge is 0.411 e. The number of halogens is 1. The zero-order valence-corrected chi connectivity index (χ0v) is 17.1. The zero-order valence-electron chi connectivity index (χ0n) is 16.4. The lowest BCUT2D eigenvalue weighted by Crippen LogP contribution is -2.41. The van der Waals surface area contributed by atoms with Gasteiger partial charge in [-0.1, -0.05) is 17.7 Å². The fraction of sp³-hybridized carbons (Fsp3) is 0.150. The molecule has 0 aliphatic carbocycles. The molecule has 0 bridgehead atoms. The molecule has 0 radical (unpaired) electrons. The quantitative estimate of drug-likeness (QED) is 0.417. The van der Waals surface area contributed by atoms with Crippen molar-refractivity contribution >= 4 is 23.0 Å². The van der Waals surface area contributed by atoms with E-state index in [-0.39, 0.29) is 11.8 Å². The third-order valence-electron chi connectivity index (χ3n) is 5.32. The van der Waals surface area contributed by atoms with Gasteiger partial charge < -0.3 is 14.3 Å². The van der Waals surface area contributed by atoms with E-state index in [0.717, 1.165) is 16.9 Å². The Morgan fingerprint density at radius 2 is 2.16 bits per heavy atom. The molecule has 11 nitrogen and oxygen atoms in total. The predicted molar refractivity (Wildman–Crippen MR) is 111 cm³/mol. The molecule has 0 aromatic carbocycles. The maximum atomic E-state index is 13.4. The Balaban J connectivity index is 1.41. The van der Waals surface area contributed by atoms with Gasteiger partial charge in [-0.2, -0.15) is 5.10 Å². The highest BCUT2D eigenvalue weighted by Gasteiger charge is 2.38. The Kier molecular flexibility index (Phi) is 4.21. The first-order valence-electron chi connectivity index (χ1n) is 9.76. The van der Waals surface area contributed by atoms with Gasteiger partial charge in [0.2, 0.25) is 0 Å². The van der Waals surface area contributed by atoms with Crippen molar-refractivity contribution in [2.75, 3.05) is 6.54 Å². The molecular formula is C20H14ClN9O2. The fourth-order valence-corrected chi connectivity index (χ4v) is 4.08. The molecule has 12 heteroatoms. The molecule has 1 aliphatic rings. The minimum atomic E-state index is -0.541. The third-order valence-corrected chi connectivity index (χ3v) is 5.60. The SMILES string of the molecule is O=C(c1nnc(-c2cnccn2)o1)N1CCc2[nH]cnc2[C@@H]1c1cc2cccc(Cl)n2n1. The summed E-state index contributed by atoms with van der Waals surface area (Å²) in [7, 11) is 0. The van der Waals surface area contributed by atoms with Crippen molar-refractivity contribution in [3.8, 4) is 11.6 Å². The smallest absolute Gasteiger partial charge is 0.312 e. The molecule has 6 heterocycles. The van der Waals surface area contributed by atoms with Crippen molar-refractivity contribution in [1.29, 1.82) is 0 Å². The number of aromatic nitrogens is 8. The third kappa shape index (κ3) is 2.94. The molecule has 0 unspecified atom stereocenters. The normalized spacial score (nSPS) is 15.8. The molecule has 1 atom stereocenters. The second-order valence-electron chi connectivity index (χ2n) is 7.17. The number of fused-ring (bicyclic) bond motifs is 2. The van der Waals surface area contributed by atoms with E-state index in [4.69, 9.17) is 16.0 Å². The van der Waals surface area contributed by atoms with Crippen molar-refractivity contribution in [1.82, 2.24) is 44.6 Å². The van der Waals surface area contributed by atoms with E-state index in [1.807, 2.05) is 18.2 Å². The number of nitrogens with one attached hydrogen (secondary N) is 1. The van der Waals surface area contributed by atoms with Gasteiger partial charge in [0.1, 0.15) is 16.9 Å². The average molecular weight is 448 g/mol. The highest BCUT2D eigenvalue weighted by Crippen LogP contribution is 2.34. The van der Waals surface area contributed by atoms with Crippen molar-refractivity contribution in [2.24, 2.45) is 0 Å². The highest BCUT2D eigenvalue weighted by atomic mass is 35.5. The monoisotopic (exact) mass is 447 g/mol. The first kappa shape index (κ1) is 18.6. The molecule has 0 spiro atoms. The Morgan fingerprint density at radius 1 is 1.22 bits per heavy atom. The van der Waals surface area contributed by atoms with Crippen LogP contribution in [0.15, 0.2) is 53.6 Å². The molecule has 158 valence electrons. The van der Waals surface area contributed by atoms with Crippen LogP contribution < -0.4 is 0 Å². The van der Waals surface area contributed by atoms with E-state index < -0.39 is 11.9 Å². The summed E-state index contributed by atoms with van der Waals surface area (Å²) >= 11 is 6.30. The van der Waals surface area contributed by atoms with Crippen LogP contribution in [0.1, 0.15) is 33.8 Å². The van der Waals surface area contributed by atoms with Gasteiger partial charge in [-0.3, -0.25) is 9.78 Å². The molecule has 32 heavy (non-hydrogen) atoms. The second-order valence-corrected chi connectivity index (χ2v) is 7.56. The van der Waals surface area contributed by atoms with Gasteiger partial charge in [0.25, 0.3) is 5.89 Å². The number of hydrogen-bond donors (Lipinski definition) is 1. The Labute approximate surface area is 185 Å². The molecule has 1 N–H and O–H groups in total. The average Bonchev–Trinajstić information content (AvgIpc) is 3.58. The Bertz CT molecular complexity index is 1440. The van der Waals surface area contributed by atoms with Crippen molar-refractivity contribution in [2.45, 2.75) is 12.5 Å². The first-order chi connectivity index (χ1) is 15.7. The van der Waals surface area contributed by atoms with Crippen LogP contribution in [0.4, 0.5) is 0 Å². The van der Waals surface area contributed by atoms with E-state index in [1.54, 1.807) is 21.8 Å². The molecule has 0 saturated carbocycles. The number of nitrogens with zero attached hydrogens (tertiary/aromatic N) is 8. The van der Waals surface area contributed by atoms with Crippen LogP contribution in [0, 0.1) is 0 Å². The molecule has 0 saturated heterocycles. The molecule has 0 fully saturated rings. The van der Waals surface area contributed by atoms with Crippen LogP contribution in [0.3, 0.4) is 0 Å². The summed E-state index contributed by atoms with van der Waals surface area (Å²) in [5, 5.41) is 13.0. The topological polar surface area (TPSA) is 131 Å². The second kappa shape index (κ2) is 7.24. The molecule has 6 rings (SSSR count). The number of aromatic amines is 1. The summed E-state index contributed by atoms with van der Waals surface area (Å²) in [4.78, 5) is 30.8. The number of imidazole rings is 1. The minimum Gasteiger partial charge on any atom is -0.411 e. The summed E-state index contributed by atoms with van der Waals surface area (Å²) < 4.78 is 7.25. The minimum absolute atomic E-state index is 0.120. The summed E-state index contributed by atoms with van der Waals surface area (Å²) in [6.07, 6.45) is 6.76. The van der Waals surface area contributed by atoms with Crippen LogP contribution in [0.2, 0.25) is 5.15 Å². The van der Waals surface area contributed by atoms with Gasteiger partial charge in [0.15, 0.2) is 0 Å². The maximum Gasteiger partial charge on any atom is 0.312 e. The van der Waals surface area contributed by atoms with Gasteiger partial charge in [-0.15, -0.1) is 10.2 Å². The molecule has 5 aromatic heterocycles. The van der Waals surface area contributed by atoms with Crippen LogP contribution in [0.5, 0.6) is 0 Å². The van der Waals surface area contributed by atoms with E-state index in [2.05, 4.69) is 35.2 Å². The molecule has 1 aliphatic heterocycles. The number of rotatable bonds is 3. The standard InChI is InChI=1S/C20H14ClN9O2/c21-15-3-1-2-11-8-13(28-30(11)15)17-16-12(24-10-25-16)4-7-29(17)20(31)19-27-26-18(32-19)14-9-22-5-6-23-14/h1-3,5-6,8-10,17H,4,7H2,(H,24,25)/t17-/m0/s1. The summed E-state index contributed by atoms with van der Waals surface area (Å²) in [5.74, 6) is -0.444. The molecular weight excluding hydrogens is 434 g/mol. The van der Waals surface area contributed by atoms with Crippen molar-refractivity contribution in [3.05, 3.63) is 77.3 Å². The Hall–Kier alpha value is -4.12. The first-order valence-corrected chi connectivity index (χ1v) is 10.1. The van der Waals surface area contributed by atoms with Crippen LogP contribution in [-0.2, 0) is 6.42 Å². The number of pyridine rings is 1. The lowest BCUT2D eigenvalue weighted by molar-refractivity contribution is 0.0646. The summed E-state index contributed by atoms with van der Waals surface area (Å²) in [5.41, 5.74) is 3.50. The zero-order chi connectivity index (χ0) is 21.7. The number of carbonyl (C=O) groups is 1. The molecule has 5 aromatic rings. The summed E-state index contributed by atoms with van der Waals surface area (Å²) in [6, 6.07) is 6.84. The van der Waals surface area contributed by atoms with E-state index in [0.29, 0.717) is 29.5 Å². The van der Waals surface area contributed by atoms with Crippen LogP contribution in [0.25, 0.3) is 17.1 Å². The van der Waals surface area contributed by atoms with Crippen LogP contribution >= 0.6 is 11.6 Å². The highest BCUT2D eigenvalue weighted by molar-refractivity contribution is 6.29. The number of amides is 1. The van der Waals surface area contributed by atoms with Gasteiger partial charge >= 0.3 is 11.8 Å². The van der Waals surface area contributed by atoms with E-state index in [1.165, 1.54) is 18.6 Å². The molecule has 1 amide bonds. The van der Waals surface area contributed by atoms with E-state index >= 15 is 0 Å². The fourth-order valence-electron chi connectivity index (χ4n) is 3.88. The Morgan fingerprint density at radius 3 is 3.00 bits per heavy atom. The van der Waals surface area contributed by atoms with Gasteiger partial charge in [0, 0.05) is 31.1 Å². The maximum absolute atomic E-state index is 13.4. The predicted octanol–water partition coefficient (Wildman–Crippen LogP) is 2.34. The van der Waals surface area contributed by atoms with E-state index in [9.17, 15) is 4.79 Å². The van der Waals surface area contributed by atoms with Gasteiger partial charge in [-0.25, -0.2) is 14.5 Å².